The molecule has 2 saturated carbocycles. The Morgan fingerprint density at radius 1 is 1.09 bits per heavy atom. The minimum atomic E-state index is 0.321. The fourth-order valence-corrected chi connectivity index (χ4v) is 4.47. The molecule has 22 heavy (non-hydrogen) atoms. The highest BCUT2D eigenvalue weighted by Gasteiger charge is 2.44. The molecular formula is C20H30O2. The molecule has 0 spiro atoms. The van der Waals surface area contributed by atoms with Gasteiger partial charge in [0.2, 0.25) is 0 Å². The molecule has 0 saturated heterocycles. The summed E-state index contributed by atoms with van der Waals surface area (Å²) >= 11 is 0. The van der Waals surface area contributed by atoms with Gasteiger partial charge in [0, 0.05) is 5.92 Å². The molecule has 0 unspecified atom stereocenters. The largest absolute Gasteiger partial charge is 0.376 e. The van der Waals surface area contributed by atoms with Crippen LogP contribution in [0.5, 0.6) is 0 Å². The Labute approximate surface area is 135 Å². The van der Waals surface area contributed by atoms with E-state index in [-0.39, 0.29) is 0 Å². The standard InChI is InChI=1S/C20H30O2/c1-15(2)22-20-12-17-10-6-7-11-18(17)19(20)14-21-13-16-8-4-3-5-9-16/h3-5,8-9,15,17-20H,6-7,10-14H2,1-2H3/t17-,18-,19+,20+/m1/s1. The number of fused-ring (bicyclic) bond motifs is 1. The van der Waals surface area contributed by atoms with Crippen LogP contribution in [-0.2, 0) is 16.1 Å². The van der Waals surface area contributed by atoms with Crippen molar-refractivity contribution < 1.29 is 9.47 Å². The lowest BCUT2D eigenvalue weighted by Gasteiger charge is -2.30. The van der Waals surface area contributed by atoms with Crippen molar-refractivity contribution >= 4 is 0 Å². The van der Waals surface area contributed by atoms with Crippen LogP contribution in [0.2, 0.25) is 0 Å². The van der Waals surface area contributed by atoms with Crippen molar-refractivity contribution in [3.63, 3.8) is 0 Å². The first-order chi connectivity index (χ1) is 10.7. The highest BCUT2D eigenvalue weighted by molar-refractivity contribution is 5.13. The summed E-state index contributed by atoms with van der Waals surface area (Å²) in [5.41, 5.74) is 1.27. The summed E-state index contributed by atoms with van der Waals surface area (Å²) in [6.07, 6.45) is 7.56. The fourth-order valence-electron chi connectivity index (χ4n) is 4.47. The van der Waals surface area contributed by atoms with Gasteiger partial charge < -0.3 is 9.47 Å². The van der Waals surface area contributed by atoms with Crippen molar-refractivity contribution in [3.8, 4) is 0 Å². The van der Waals surface area contributed by atoms with Crippen molar-refractivity contribution in [1.29, 1.82) is 0 Å². The van der Waals surface area contributed by atoms with Crippen molar-refractivity contribution in [1.82, 2.24) is 0 Å². The van der Waals surface area contributed by atoms with Gasteiger partial charge in [0.05, 0.1) is 25.4 Å². The van der Waals surface area contributed by atoms with E-state index in [2.05, 4.69) is 44.2 Å². The molecule has 0 radical (unpaired) electrons. The van der Waals surface area contributed by atoms with Crippen LogP contribution in [0, 0.1) is 17.8 Å². The van der Waals surface area contributed by atoms with E-state index >= 15 is 0 Å². The maximum atomic E-state index is 6.24. The fraction of sp³-hybridized carbons (Fsp3) is 0.700. The van der Waals surface area contributed by atoms with Crippen molar-refractivity contribution in [2.75, 3.05) is 6.61 Å². The van der Waals surface area contributed by atoms with Crippen LogP contribution in [0.1, 0.15) is 51.5 Å². The molecule has 0 N–H and O–H groups in total. The molecule has 0 aromatic heterocycles. The first kappa shape index (κ1) is 16.0. The summed E-state index contributed by atoms with van der Waals surface area (Å²) in [4.78, 5) is 0. The molecule has 1 aromatic carbocycles. The van der Waals surface area contributed by atoms with E-state index < -0.39 is 0 Å². The Morgan fingerprint density at radius 3 is 2.64 bits per heavy atom. The van der Waals surface area contributed by atoms with Crippen molar-refractivity contribution in [2.24, 2.45) is 17.8 Å². The zero-order valence-corrected chi connectivity index (χ0v) is 14.0. The molecule has 2 aliphatic rings. The maximum absolute atomic E-state index is 6.24. The van der Waals surface area contributed by atoms with Crippen LogP contribution in [0.3, 0.4) is 0 Å². The quantitative estimate of drug-likeness (QED) is 0.750. The van der Waals surface area contributed by atoms with Gasteiger partial charge in [-0.05, 0) is 44.1 Å². The summed E-state index contributed by atoms with van der Waals surface area (Å²) in [6.45, 7) is 5.89. The number of benzene rings is 1. The number of ether oxygens (including phenoxy) is 2. The average molecular weight is 302 g/mol. The third-order valence-electron chi connectivity index (χ3n) is 5.40. The highest BCUT2D eigenvalue weighted by Crippen LogP contribution is 2.47. The molecule has 2 heteroatoms. The Morgan fingerprint density at radius 2 is 1.86 bits per heavy atom. The summed E-state index contributed by atoms with van der Waals surface area (Å²) in [5, 5.41) is 0. The smallest absolute Gasteiger partial charge is 0.0717 e. The van der Waals surface area contributed by atoms with Gasteiger partial charge in [0.1, 0.15) is 0 Å². The Kier molecular flexibility index (Phi) is 5.54. The third kappa shape index (κ3) is 3.91. The van der Waals surface area contributed by atoms with Gasteiger partial charge in [0.25, 0.3) is 0 Å². The predicted molar refractivity (Wildman–Crippen MR) is 89.7 cm³/mol. The molecule has 4 atom stereocenters. The lowest BCUT2D eigenvalue weighted by atomic mass is 9.78. The second kappa shape index (κ2) is 7.61. The van der Waals surface area contributed by atoms with Crippen LogP contribution >= 0.6 is 0 Å². The van der Waals surface area contributed by atoms with E-state index in [1.54, 1.807) is 0 Å². The van der Waals surface area contributed by atoms with Gasteiger partial charge in [0.15, 0.2) is 0 Å². The van der Waals surface area contributed by atoms with Gasteiger partial charge in [-0.3, -0.25) is 0 Å². The zero-order chi connectivity index (χ0) is 15.4. The number of rotatable bonds is 6. The molecule has 2 nitrogen and oxygen atoms in total. The van der Waals surface area contributed by atoms with E-state index in [1.165, 1.54) is 37.7 Å². The predicted octanol–water partition coefficient (Wildman–Crippen LogP) is 4.82. The summed E-state index contributed by atoms with van der Waals surface area (Å²) in [5.74, 6) is 2.30. The average Bonchev–Trinajstić information content (AvgIpc) is 2.85. The van der Waals surface area contributed by atoms with Gasteiger partial charge in [-0.2, -0.15) is 0 Å². The van der Waals surface area contributed by atoms with Gasteiger partial charge in [-0.25, -0.2) is 0 Å². The molecule has 0 amide bonds. The number of hydrogen-bond acceptors (Lipinski definition) is 2. The van der Waals surface area contributed by atoms with Crippen LogP contribution in [0.4, 0.5) is 0 Å². The molecule has 1 aromatic rings. The molecular weight excluding hydrogens is 272 g/mol. The third-order valence-corrected chi connectivity index (χ3v) is 5.40. The van der Waals surface area contributed by atoms with E-state index in [4.69, 9.17) is 9.47 Å². The van der Waals surface area contributed by atoms with Crippen LogP contribution in [0.25, 0.3) is 0 Å². The maximum Gasteiger partial charge on any atom is 0.0717 e. The summed E-state index contributed by atoms with van der Waals surface area (Å²) in [7, 11) is 0. The topological polar surface area (TPSA) is 18.5 Å². The van der Waals surface area contributed by atoms with E-state index in [9.17, 15) is 0 Å². The molecule has 0 heterocycles. The normalized spacial score (nSPS) is 31.4. The number of hydrogen-bond donors (Lipinski definition) is 0. The molecule has 0 aliphatic heterocycles. The summed E-state index contributed by atoms with van der Waals surface area (Å²) < 4.78 is 12.3. The van der Waals surface area contributed by atoms with E-state index in [0.29, 0.717) is 18.1 Å². The SMILES string of the molecule is CC(C)O[C@H]1C[C@H]2CCCC[C@H]2[C@@H]1COCc1ccccc1. The van der Waals surface area contributed by atoms with Gasteiger partial charge in [-0.15, -0.1) is 0 Å². The van der Waals surface area contributed by atoms with Crippen LogP contribution in [-0.4, -0.2) is 18.8 Å². The van der Waals surface area contributed by atoms with Crippen LogP contribution < -0.4 is 0 Å². The monoisotopic (exact) mass is 302 g/mol. The molecule has 3 rings (SSSR count). The van der Waals surface area contributed by atoms with E-state index in [1.807, 2.05) is 0 Å². The first-order valence-corrected chi connectivity index (χ1v) is 9.01. The van der Waals surface area contributed by atoms with Crippen molar-refractivity contribution in [3.05, 3.63) is 35.9 Å². The first-order valence-electron chi connectivity index (χ1n) is 9.01. The minimum Gasteiger partial charge on any atom is -0.376 e. The molecule has 0 bridgehead atoms. The molecule has 2 aliphatic carbocycles. The second-order valence-electron chi connectivity index (χ2n) is 7.33. The highest BCUT2D eigenvalue weighted by atomic mass is 16.5. The second-order valence-corrected chi connectivity index (χ2v) is 7.33. The van der Waals surface area contributed by atoms with Crippen LogP contribution in [0.15, 0.2) is 30.3 Å². The van der Waals surface area contributed by atoms with Crippen molar-refractivity contribution in [2.45, 2.75) is 64.8 Å². The Bertz CT molecular complexity index is 442. The molecule has 122 valence electrons. The Balaban J connectivity index is 1.57. The molecule has 2 fully saturated rings. The summed E-state index contributed by atoms with van der Waals surface area (Å²) in [6, 6.07) is 10.5. The Hall–Kier alpha value is -0.860. The lowest BCUT2D eigenvalue weighted by molar-refractivity contribution is -0.0482. The van der Waals surface area contributed by atoms with Gasteiger partial charge in [-0.1, -0.05) is 49.6 Å². The van der Waals surface area contributed by atoms with E-state index in [0.717, 1.165) is 25.0 Å². The van der Waals surface area contributed by atoms with Gasteiger partial charge >= 0.3 is 0 Å². The lowest BCUT2D eigenvalue weighted by Crippen LogP contribution is -2.30. The minimum absolute atomic E-state index is 0.321. The zero-order valence-electron chi connectivity index (χ0n) is 14.0.